The summed E-state index contributed by atoms with van der Waals surface area (Å²) in [7, 11) is 1.63. The van der Waals surface area contributed by atoms with Crippen LogP contribution >= 0.6 is 0 Å². The van der Waals surface area contributed by atoms with Gasteiger partial charge in [-0.1, -0.05) is 5.21 Å². The van der Waals surface area contributed by atoms with E-state index in [-0.39, 0.29) is 22.7 Å². The van der Waals surface area contributed by atoms with Crippen molar-refractivity contribution < 1.29 is 23.0 Å². The molecule has 5 rings (SSSR count). The number of rotatable bonds is 8. The zero-order chi connectivity index (χ0) is 25.9. The van der Waals surface area contributed by atoms with Crippen LogP contribution in [-0.4, -0.2) is 70.8 Å². The summed E-state index contributed by atoms with van der Waals surface area (Å²) in [5.74, 6) is -1.79. The van der Waals surface area contributed by atoms with Gasteiger partial charge in [-0.05, 0) is 42.8 Å². The lowest BCUT2D eigenvalue weighted by Gasteiger charge is -2.17. The molecule has 11 heteroatoms. The van der Waals surface area contributed by atoms with E-state index in [2.05, 4.69) is 15.3 Å². The highest BCUT2D eigenvalue weighted by Gasteiger charge is 2.27. The molecule has 1 N–H and O–H groups in total. The van der Waals surface area contributed by atoms with Crippen molar-refractivity contribution in [3.63, 3.8) is 0 Å². The van der Waals surface area contributed by atoms with Gasteiger partial charge in [-0.2, -0.15) is 0 Å². The second-order valence-corrected chi connectivity index (χ2v) is 8.93. The minimum atomic E-state index is -1.04. The lowest BCUT2D eigenvalue weighted by molar-refractivity contribution is 0.0515. The van der Waals surface area contributed by atoms with E-state index in [1.807, 2.05) is 4.90 Å². The summed E-state index contributed by atoms with van der Waals surface area (Å²) >= 11 is 0. The molecule has 9 nitrogen and oxygen atoms in total. The number of carbonyl (C=O) groups is 1. The second kappa shape index (κ2) is 10.6. The molecule has 1 atom stereocenters. The van der Waals surface area contributed by atoms with E-state index < -0.39 is 17.2 Å². The van der Waals surface area contributed by atoms with Crippen LogP contribution in [-0.2, 0) is 9.47 Å². The third kappa shape index (κ3) is 5.27. The van der Waals surface area contributed by atoms with Gasteiger partial charge in [-0.15, -0.1) is 5.10 Å². The van der Waals surface area contributed by atoms with Crippen LogP contribution in [0.1, 0.15) is 16.8 Å². The molecule has 0 spiro atoms. The second-order valence-electron chi connectivity index (χ2n) is 8.93. The fourth-order valence-electron chi connectivity index (χ4n) is 4.39. The van der Waals surface area contributed by atoms with Gasteiger partial charge in [-0.25, -0.2) is 13.5 Å². The number of halogens is 2. The first kappa shape index (κ1) is 24.7. The molecule has 1 aliphatic heterocycles. The summed E-state index contributed by atoms with van der Waals surface area (Å²) in [6.07, 6.45) is 2.45. The Labute approximate surface area is 210 Å². The number of ether oxygens (including phenoxy) is 2. The Balaban J connectivity index is 1.28. The van der Waals surface area contributed by atoms with E-state index >= 15 is 0 Å². The monoisotopic (exact) mass is 509 g/mol. The summed E-state index contributed by atoms with van der Waals surface area (Å²) in [4.78, 5) is 29.8. The fourth-order valence-corrected chi connectivity index (χ4v) is 4.39. The van der Waals surface area contributed by atoms with E-state index in [4.69, 9.17) is 9.47 Å². The Hall–Kier alpha value is -3.96. The number of likely N-dealkylation sites (tertiary alicyclic amines) is 1. The van der Waals surface area contributed by atoms with Crippen LogP contribution in [0.3, 0.4) is 0 Å². The minimum Gasteiger partial charge on any atom is -0.382 e. The molecule has 192 valence electrons. The Morgan fingerprint density at radius 1 is 1.14 bits per heavy atom. The maximum Gasteiger partial charge on any atom is 0.258 e. The van der Waals surface area contributed by atoms with E-state index in [0.29, 0.717) is 55.5 Å². The molecule has 0 aliphatic carbocycles. The van der Waals surface area contributed by atoms with E-state index in [1.165, 1.54) is 10.7 Å². The van der Waals surface area contributed by atoms with Crippen molar-refractivity contribution in [1.82, 2.24) is 24.9 Å². The number of benzene rings is 2. The molecule has 1 fully saturated rings. The SMILES string of the molecule is COCCOC[C@@H]1CCN(C(=O)c2ccc(-n3cc(-c4cc5cc(F)c(F)cc5[nH]c4=O)nn3)cc2)C1. The van der Waals surface area contributed by atoms with Gasteiger partial charge >= 0.3 is 0 Å². The quantitative estimate of drug-likeness (QED) is 0.366. The van der Waals surface area contributed by atoms with Gasteiger partial charge in [0.2, 0.25) is 0 Å². The van der Waals surface area contributed by atoms with Gasteiger partial charge in [0.15, 0.2) is 11.6 Å². The first-order valence-corrected chi connectivity index (χ1v) is 11.8. The maximum absolute atomic E-state index is 13.7. The molecule has 1 amide bonds. The van der Waals surface area contributed by atoms with Crippen LogP contribution in [0.25, 0.3) is 27.8 Å². The summed E-state index contributed by atoms with van der Waals surface area (Å²) in [5, 5.41) is 8.48. The Morgan fingerprint density at radius 2 is 1.92 bits per heavy atom. The number of nitrogens with one attached hydrogen (secondary N) is 1. The van der Waals surface area contributed by atoms with Crippen molar-refractivity contribution in [2.45, 2.75) is 6.42 Å². The number of nitrogens with zero attached hydrogens (tertiary/aromatic N) is 4. The Kier molecular flexibility index (Phi) is 7.06. The third-order valence-corrected chi connectivity index (χ3v) is 6.39. The molecule has 0 saturated carbocycles. The van der Waals surface area contributed by atoms with Gasteiger partial charge in [0, 0.05) is 43.1 Å². The normalized spacial score (nSPS) is 15.5. The van der Waals surface area contributed by atoms with E-state index in [0.717, 1.165) is 18.6 Å². The molecule has 0 unspecified atom stereocenters. The third-order valence-electron chi connectivity index (χ3n) is 6.39. The van der Waals surface area contributed by atoms with Crippen LogP contribution < -0.4 is 5.56 Å². The summed E-state index contributed by atoms with van der Waals surface area (Å²) in [5.41, 5.74) is 1.33. The fraction of sp³-hybridized carbons (Fsp3) is 0.308. The molecule has 0 radical (unpaired) electrons. The van der Waals surface area contributed by atoms with E-state index in [9.17, 15) is 18.4 Å². The van der Waals surface area contributed by atoms with Crippen molar-refractivity contribution in [2.24, 2.45) is 5.92 Å². The van der Waals surface area contributed by atoms with Crippen LogP contribution in [0, 0.1) is 17.6 Å². The molecular weight excluding hydrogens is 484 g/mol. The summed E-state index contributed by atoms with van der Waals surface area (Å²) in [6, 6.07) is 10.3. The number of hydrogen-bond donors (Lipinski definition) is 1. The topological polar surface area (TPSA) is 102 Å². The molecule has 1 saturated heterocycles. The number of carbonyl (C=O) groups excluding carboxylic acids is 1. The number of aromatic amines is 1. The Bertz CT molecular complexity index is 1480. The zero-order valence-corrected chi connectivity index (χ0v) is 20.1. The number of amides is 1. The average molecular weight is 510 g/mol. The first-order chi connectivity index (χ1) is 17.9. The largest absolute Gasteiger partial charge is 0.382 e. The number of fused-ring (bicyclic) bond motifs is 1. The van der Waals surface area contributed by atoms with Crippen LogP contribution in [0.15, 0.2) is 53.5 Å². The van der Waals surface area contributed by atoms with Gasteiger partial charge in [0.25, 0.3) is 11.5 Å². The number of aromatic nitrogens is 4. The van der Waals surface area contributed by atoms with Gasteiger partial charge in [-0.3, -0.25) is 9.59 Å². The standard InChI is InChI=1S/C26H25F2N5O4/c1-36-8-9-37-15-16-6-7-32(13-16)26(35)17-2-4-19(5-3-17)33-14-24(30-31-33)20-10-18-11-21(27)22(28)12-23(18)29-25(20)34/h2-5,10-12,14,16H,6-9,13,15H2,1H3,(H,29,34)/t16-/m1/s1. The minimum absolute atomic E-state index is 0.0448. The van der Waals surface area contributed by atoms with Crippen molar-refractivity contribution in [3.8, 4) is 16.9 Å². The van der Waals surface area contributed by atoms with Crippen molar-refractivity contribution in [3.05, 3.63) is 76.2 Å². The number of methoxy groups -OCH3 is 1. The summed E-state index contributed by atoms with van der Waals surface area (Å²) in [6.45, 7) is 3.03. The van der Waals surface area contributed by atoms with Crippen LogP contribution in [0.2, 0.25) is 0 Å². The highest BCUT2D eigenvalue weighted by atomic mass is 19.2. The smallest absolute Gasteiger partial charge is 0.258 e. The molecule has 37 heavy (non-hydrogen) atoms. The highest BCUT2D eigenvalue weighted by molar-refractivity contribution is 5.94. The zero-order valence-electron chi connectivity index (χ0n) is 20.1. The van der Waals surface area contributed by atoms with Gasteiger partial charge in [0.05, 0.1) is 42.8 Å². The number of hydrogen-bond acceptors (Lipinski definition) is 6. The van der Waals surface area contributed by atoms with Gasteiger partial charge in [0.1, 0.15) is 5.69 Å². The molecule has 4 aromatic rings. The average Bonchev–Trinajstić information content (AvgIpc) is 3.57. The molecule has 2 aromatic heterocycles. The van der Waals surface area contributed by atoms with Crippen LogP contribution in [0.4, 0.5) is 8.78 Å². The molecule has 2 aromatic carbocycles. The summed E-state index contributed by atoms with van der Waals surface area (Å²) < 4.78 is 39.2. The van der Waals surface area contributed by atoms with Crippen LogP contribution in [0.5, 0.6) is 0 Å². The Morgan fingerprint density at radius 3 is 2.70 bits per heavy atom. The molecule has 3 heterocycles. The number of pyridine rings is 1. The lowest BCUT2D eigenvalue weighted by atomic mass is 10.1. The predicted molar refractivity (Wildman–Crippen MR) is 132 cm³/mol. The maximum atomic E-state index is 13.7. The molecule has 0 bridgehead atoms. The van der Waals surface area contributed by atoms with Crippen molar-refractivity contribution in [2.75, 3.05) is 40.0 Å². The highest BCUT2D eigenvalue weighted by Crippen LogP contribution is 2.22. The first-order valence-electron chi connectivity index (χ1n) is 11.8. The van der Waals surface area contributed by atoms with Crippen molar-refractivity contribution in [1.29, 1.82) is 0 Å². The van der Waals surface area contributed by atoms with Crippen molar-refractivity contribution >= 4 is 16.8 Å². The number of H-pyrrole nitrogens is 1. The molecule has 1 aliphatic rings. The predicted octanol–water partition coefficient (Wildman–Crippen LogP) is 3.18. The molecular formula is C26H25F2N5O4. The van der Waals surface area contributed by atoms with E-state index in [1.54, 1.807) is 37.6 Å². The lowest BCUT2D eigenvalue weighted by Crippen LogP contribution is -2.29. The van der Waals surface area contributed by atoms with Gasteiger partial charge < -0.3 is 19.4 Å².